The van der Waals surface area contributed by atoms with Crippen LogP contribution in [0.25, 0.3) is 0 Å². The lowest BCUT2D eigenvalue weighted by Gasteiger charge is -2.31. The molecule has 0 bridgehead atoms. The minimum Gasteiger partial charge on any atom is -0.393 e. The van der Waals surface area contributed by atoms with Crippen LogP contribution in [-0.2, 0) is 9.47 Å². The van der Waals surface area contributed by atoms with Gasteiger partial charge in [0.05, 0.1) is 18.3 Å². The normalized spacial score (nSPS) is 44.2. The molecule has 2 aliphatic carbocycles. The average molecular weight is 212 g/mol. The third-order valence-corrected chi connectivity index (χ3v) is 4.05. The van der Waals surface area contributed by atoms with E-state index in [-0.39, 0.29) is 24.1 Å². The molecule has 2 saturated carbocycles. The van der Waals surface area contributed by atoms with E-state index in [4.69, 9.17) is 9.47 Å². The van der Waals surface area contributed by atoms with E-state index in [0.29, 0.717) is 0 Å². The molecule has 3 rings (SSSR count). The van der Waals surface area contributed by atoms with Crippen molar-refractivity contribution in [2.45, 2.75) is 75.5 Å². The largest absolute Gasteiger partial charge is 0.393 e. The number of ether oxygens (including phenoxy) is 2. The number of hydrogen-bond donors (Lipinski definition) is 1. The first-order valence-electron chi connectivity index (χ1n) is 6.31. The van der Waals surface area contributed by atoms with E-state index in [1.807, 2.05) is 0 Å². The van der Waals surface area contributed by atoms with Crippen molar-refractivity contribution in [1.82, 2.24) is 0 Å². The Morgan fingerprint density at radius 3 is 2.47 bits per heavy atom. The summed E-state index contributed by atoms with van der Waals surface area (Å²) in [4.78, 5) is 0. The summed E-state index contributed by atoms with van der Waals surface area (Å²) in [6, 6.07) is 0. The van der Waals surface area contributed by atoms with Crippen LogP contribution in [0.1, 0.15) is 51.4 Å². The predicted molar refractivity (Wildman–Crippen MR) is 55.4 cm³/mol. The van der Waals surface area contributed by atoms with Gasteiger partial charge in [-0.25, -0.2) is 0 Å². The van der Waals surface area contributed by atoms with Gasteiger partial charge in [-0.2, -0.15) is 0 Å². The number of aliphatic hydroxyl groups is 1. The maximum Gasteiger partial charge on any atom is 0.169 e. The van der Waals surface area contributed by atoms with Crippen LogP contribution in [0.2, 0.25) is 0 Å². The van der Waals surface area contributed by atoms with Gasteiger partial charge in [-0.05, 0) is 25.7 Å². The summed E-state index contributed by atoms with van der Waals surface area (Å²) >= 11 is 0. The molecule has 3 nitrogen and oxygen atoms in total. The van der Waals surface area contributed by atoms with E-state index < -0.39 is 0 Å². The van der Waals surface area contributed by atoms with Crippen molar-refractivity contribution in [3.05, 3.63) is 0 Å². The number of aliphatic hydroxyl groups excluding tert-OH is 1. The minimum atomic E-state index is -0.266. The van der Waals surface area contributed by atoms with E-state index in [2.05, 4.69) is 0 Å². The predicted octanol–water partition coefficient (Wildman–Crippen LogP) is 1.98. The smallest absolute Gasteiger partial charge is 0.169 e. The Bertz CT molecular complexity index is 235. The van der Waals surface area contributed by atoms with E-state index in [1.54, 1.807) is 0 Å². The molecule has 1 heterocycles. The number of rotatable bonds is 0. The SMILES string of the molecule is OC1CCC2OC3(CCCCC3)OC2C1. The molecule has 0 radical (unpaired) electrons. The van der Waals surface area contributed by atoms with E-state index in [1.165, 1.54) is 19.3 Å². The van der Waals surface area contributed by atoms with Gasteiger partial charge in [0.1, 0.15) is 0 Å². The molecule has 0 aromatic heterocycles. The zero-order valence-electron chi connectivity index (χ0n) is 9.15. The van der Waals surface area contributed by atoms with Gasteiger partial charge >= 0.3 is 0 Å². The van der Waals surface area contributed by atoms with Crippen LogP contribution < -0.4 is 0 Å². The van der Waals surface area contributed by atoms with Gasteiger partial charge in [0.15, 0.2) is 5.79 Å². The second-order valence-corrected chi connectivity index (χ2v) is 5.25. The Hall–Kier alpha value is -0.120. The number of fused-ring (bicyclic) bond motifs is 1. The van der Waals surface area contributed by atoms with Crippen molar-refractivity contribution in [2.75, 3.05) is 0 Å². The van der Waals surface area contributed by atoms with E-state index in [9.17, 15) is 5.11 Å². The monoisotopic (exact) mass is 212 g/mol. The van der Waals surface area contributed by atoms with Gasteiger partial charge in [0.25, 0.3) is 0 Å². The van der Waals surface area contributed by atoms with Crippen LogP contribution >= 0.6 is 0 Å². The van der Waals surface area contributed by atoms with Gasteiger partial charge in [-0.3, -0.25) is 0 Å². The van der Waals surface area contributed by atoms with E-state index in [0.717, 1.165) is 32.1 Å². The highest BCUT2D eigenvalue weighted by Gasteiger charge is 2.49. The molecule has 0 amide bonds. The molecule has 3 atom stereocenters. The molecule has 3 aliphatic rings. The van der Waals surface area contributed by atoms with Crippen LogP contribution in [0, 0.1) is 0 Å². The highest BCUT2D eigenvalue weighted by atomic mass is 16.8. The Kier molecular flexibility index (Phi) is 2.49. The summed E-state index contributed by atoms with van der Waals surface area (Å²) in [7, 11) is 0. The molecule has 0 aromatic rings. The summed E-state index contributed by atoms with van der Waals surface area (Å²) in [5, 5.41) is 9.61. The Labute approximate surface area is 90.8 Å². The van der Waals surface area contributed by atoms with Crippen molar-refractivity contribution in [2.24, 2.45) is 0 Å². The highest BCUT2D eigenvalue weighted by Crippen LogP contribution is 2.44. The van der Waals surface area contributed by atoms with Crippen molar-refractivity contribution in [3.63, 3.8) is 0 Å². The summed E-state index contributed by atoms with van der Waals surface area (Å²) in [6.45, 7) is 0. The summed E-state index contributed by atoms with van der Waals surface area (Å²) in [5.74, 6) is -0.266. The van der Waals surface area contributed by atoms with Crippen LogP contribution in [0.4, 0.5) is 0 Å². The van der Waals surface area contributed by atoms with Gasteiger partial charge in [-0.1, -0.05) is 6.42 Å². The number of hydrogen-bond acceptors (Lipinski definition) is 3. The Balaban J connectivity index is 1.70. The molecule has 3 unspecified atom stereocenters. The molecule has 15 heavy (non-hydrogen) atoms. The fraction of sp³-hybridized carbons (Fsp3) is 1.00. The molecular weight excluding hydrogens is 192 g/mol. The first-order chi connectivity index (χ1) is 7.27. The van der Waals surface area contributed by atoms with Gasteiger partial charge in [0.2, 0.25) is 0 Å². The lowest BCUT2D eigenvalue weighted by atomic mass is 9.93. The third-order valence-electron chi connectivity index (χ3n) is 4.05. The lowest BCUT2D eigenvalue weighted by molar-refractivity contribution is -0.193. The average Bonchev–Trinajstić information content (AvgIpc) is 2.56. The quantitative estimate of drug-likeness (QED) is 0.667. The van der Waals surface area contributed by atoms with Gasteiger partial charge in [-0.15, -0.1) is 0 Å². The summed E-state index contributed by atoms with van der Waals surface area (Å²) < 4.78 is 12.2. The second-order valence-electron chi connectivity index (χ2n) is 5.25. The molecule has 86 valence electrons. The zero-order chi connectivity index (χ0) is 10.3. The molecule has 0 aromatic carbocycles. The van der Waals surface area contributed by atoms with Crippen molar-refractivity contribution >= 4 is 0 Å². The third kappa shape index (κ3) is 1.81. The minimum absolute atomic E-state index is 0.159. The standard InChI is InChI=1S/C12H20O3/c13-9-4-5-10-11(8-9)15-12(14-10)6-2-1-3-7-12/h9-11,13H,1-8H2. The van der Waals surface area contributed by atoms with Crippen LogP contribution in [0.5, 0.6) is 0 Å². The Morgan fingerprint density at radius 2 is 1.67 bits per heavy atom. The fourth-order valence-corrected chi connectivity index (χ4v) is 3.24. The van der Waals surface area contributed by atoms with E-state index >= 15 is 0 Å². The maximum absolute atomic E-state index is 9.61. The summed E-state index contributed by atoms with van der Waals surface area (Å²) in [5.41, 5.74) is 0. The van der Waals surface area contributed by atoms with Gasteiger partial charge in [0, 0.05) is 19.3 Å². The van der Waals surface area contributed by atoms with Crippen LogP contribution in [0.3, 0.4) is 0 Å². The summed E-state index contributed by atoms with van der Waals surface area (Å²) in [6.07, 6.45) is 8.72. The van der Waals surface area contributed by atoms with Gasteiger partial charge < -0.3 is 14.6 Å². The fourth-order valence-electron chi connectivity index (χ4n) is 3.24. The topological polar surface area (TPSA) is 38.7 Å². The molecule has 1 spiro atoms. The molecular formula is C12H20O3. The maximum atomic E-state index is 9.61. The van der Waals surface area contributed by atoms with Crippen LogP contribution in [-0.4, -0.2) is 29.2 Å². The highest BCUT2D eigenvalue weighted by molar-refractivity contribution is 4.92. The molecule has 3 heteroatoms. The van der Waals surface area contributed by atoms with Crippen LogP contribution in [0.15, 0.2) is 0 Å². The lowest BCUT2D eigenvalue weighted by Crippen LogP contribution is -2.34. The first kappa shape index (κ1) is 10.1. The molecule has 1 saturated heterocycles. The zero-order valence-corrected chi connectivity index (χ0v) is 9.15. The molecule has 1 aliphatic heterocycles. The second kappa shape index (κ2) is 3.72. The van der Waals surface area contributed by atoms with Crippen molar-refractivity contribution in [1.29, 1.82) is 0 Å². The Morgan fingerprint density at radius 1 is 0.933 bits per heavy atom. The molecule has 1 N–H and O–H groups in total. The first-order valence-corrected chi connectivity index (χ1v) is 6.31. The van der Waals surface area contributed by atoms with Crippen molar-refractivity contribution in [3.8, 4) is 0 Å². The van der Waals surface area contributed by atoms with Crippen molar-refractivity contribution < 1.29 is 14.6 Å². The molecule has 3 fully saturated rings.